The number of carbonyl (C=O) groups excluding carboxylic acids is 2. The van der Waals surface area contributed by atoms with Crippen LogP contribution in [0.2, 0.25) is 0 Å². The van der Waals surface area contributed by atoms with Gasteiger partial charge in [0.05, 0.1) is 13.2 Å². The van der Waals surface area contributed by atoms with Crippen molar-refractivity contribution in [3.63, 3.8) is 0 Å². The van der Waals surface area contributed by atoms with E-state index < -0.39 is 0 Å². The van der Waals surface area contributed by atoms with Gasteiger partial charge in [-0.2, -0.15) is 0 Å². The van der Waals surface area contributed by atoms with Crippen LogP contribution in [0.3, 0.4) is 0 Å². The summed E-state index contributed by atoms with van der Waals surface area (Å²) >= 11 is 1.27. The van der Waals surface area contributed by atoms with Crippen molar-refractivity contribution in [3.05, 3.63) is 35.9 Å². The Morgan fingerprint density at radius 3 is 2.74 bits per heavy atom. The van der Waals surface area contributed by atoms with E-state index in [1.54, 1.807) is 13.2 Å². The number of carbonyl (C=O) groups is 2. The average molecular weight is 277 g/mol. The zero-order chi connectivity index (χ0) is 13.7. The van der Waals surface area contributed by atoms with Crippen molar-refractivity contribution in [2.24, 2.45) is 0 Å². The molecule has 1 atom stereocenters. The van der Waals surface area contributed by atoms with Crippen LogP contribution in [-0.2, 0) is 9.59 Å². The monoisotopic (exact) mass is 277 g/mol. The van der Waals surface area contributed by atoms with E-state index in [9.17, 15) is 9.59 Å². The fourth-order valence-electron chi connectivity index (χ4n) is 1.73. The van der Waals surface area contributed by atoms with Crippen molar-refractivity contribution in [1.29, 1.82) is 0 Å². The topological polar surface area (TPSA) is 55.4 Å². The first-order valence-corrected chi connectivity index (χ1v) is 6.97. The van der Waals surface area contributed by atoms with Crippen molar-refractivity contribution < 1.29 is 14.3 Å². The standard InChI is InChI=1S/C14H15NO3S/c1-18-11-5-2-10(3-6-11)4-7-13(16)15-12-8-9-19-14(12)17/h2-7,12H,8-9H2,1H3,(H,15,16)/b7-4+. The first-order chi connectivity index (χ1) is 9.19. The Morgan fingerprint density at radius 1 is 1.42 bits per heavy atom. The maximum absolute atomic E-state index is 11.7. The second-order valence-electron chi connectivity index (χ2n) is 4.12. The van der Waals surface area contributed by atoms with Crippen molar-refractivity contribution in [2.45, 2.75) is 12.5 Å². The molecule has 1 unspecified atom stereocenters. The van der Waals surface area contributed by atoms with Crippen LogP contribution in [-0.4, -0.2) is 29.9 Å². The molecule has 100 valence electrons. The van der Waals surface area contributed by atoms with Gasteiger partial charge in [0.25, 0.3) is 0 Å². The minimum absolute atomic E-state index is 0.0474. The lowest BCUT2D eigenvalue weighted by Gasteiger charge is -2.07. The zero-order valence-corrected chi connectivity index (χ0v) is 11.4. The Labute approximate surface area is 116 Å². The molecule has 1 saturated heterocycles. The molecule has 1 aliphatic heterocycles. The van der Waals surface area contributed by atoms with Crippen LogP contribution >= 0.6 is 11.8 Å². The Balaban J connectivity index is 1.90. The van der Waals surface area contributed by atoms with E-state index in [2.05, 4.69) is 5.32 Å². The normalized spacial score (nSPS) is 18.8. The molecule has 0 spiro atoms. The van der Waals surface area contributed by atoms with E-state index >= 15 is 0 Å². The van der Waals surface area contributed by atoms with E-state index in [-0.39, 0.29) is 17.1 Å². The fourth-order valence-corrected chi connectivity index (χ4v) is 2.67. The molecular formula is C14H15NO3S. The summed E-state index contributed by atoms with van der Waals surface area (Å²) in [5.74, 6) is 1.32. The SMILES string of the molecule is COc1ccc(/C=C/C(=O)NC2CCSC2=O)cc1. The van der Waals surface area contributed by atoms with E-state index in [0.29, 0.717) is 6.42 Å². The van der Waals surface area contributed by atoms with Crippen LogP contribution < -0.4 is 10.1 Å². The van der Waals surface area contributed by atoms with E-state index in [1.807, 2.05) is 24.3 Å². The smallest absolute Gasteiger partial charge is 0.244 e. The van der Waals surface area contributed by atoms with Gasteiger partial charge in [-0.15, -0.1) is 0 Å². The van der Waals surface area contributed by atoms with Crippen molar-refractivity contribution in [1.82, 2.24) is 5.32 Å². The summed E-state index contributed by atoms with van der Waals surface area (Å²) in [7, 11) is 1.61. The maximum Gasteiger partial charge on any atom is 0.244 e. The van der Waals surface area contributed by atoms with Gasteiger partial charge >= 0.3 is 0 Å². The number of methoxy groups -OCH3 is 1. The zero-order valence-electron chi connectivity index (χ0n) is 10.6. The molecule has 2 rings (SSSR count). The van der Waals surface area contributed by atoms with Crippen molar-refractivity contribution >= 4 is 28.9 Å². The predicted molar refractivity (Wildman–Crippen MR) is 76.0 cm³/mol. The molecule has 1 aliphatic rings. The van der Waals surface area contributed by atoms with Crippen LogP contribution in [0, 0.1) is 0 Å². The summed E-state index contributed by atoms with van der Waals surface area (Å²) in [6.07, 6.45) is 3.87. The molecule has 1 aromatic rings. The van der Waals surface area contributed by atoms with Crippen LogP contribution in [0.25, 0.3) is 6.08 Å². The van der Waals surface area contributed by atoms with Gasteiger partial charge in [-0.3, -0.25) is 9.59 Å². The highest BCUT2D eigenvalue weighted by Gasteiger charge is 2.25. The highest BCUT2D eigenvalue weighted by atomic mass is 32.2. The quantitative estimate of drug-likeness (QED) is 0.853. The van der Waals surface area contributed by atoms with Crippen LogP contribution in [0.4, 0.5) is 0 Å². The van der Waals surface area contributed by atoms with Gasteiger partial charge in [-0.1, -0.05) is 23.9 Å². The third kappa shape index (κ3) is 3.86. The second-order valence-corrected chi connectivity index (χ2v) is 5.22. The highest BCUT2D eigenvalue weighted by molar-refractivity contribution is 8.14. The molecular weight excluding hydrogens is 262 g/mol. The molecule has 1 aromatic carbocycles. The van der Waals surface area contributed by atoms with Gasteiger partial charge in [0.1, 0.15) is 5.75 Å². The van der Waals surface area contributed by atoms with Gasteiger partial charge in [0.2, 0.25) is 11.0 Å². The summed E-state index contributed by atoms with van der Waals surface area (Å²) in [6.45, 7) is 0. The van der Waals surface area contributed by atoms with Gasteiger partial charge in [-0.25, -0.2) is 0 Å². The third-order valence-corrected chi connectivity index (χ3v) is 3.80. The summed E-state index contributed by atoms with van der Waals surface area (Å²) in [5.41, 5.74) is 0.906. The number of benzene rings is 1. The summed E-state index contributed by atoms with van der Waals surface area (Å²) in [4.78, 5) is 23.0. The van der Waals surface area contributed by atoms with Gasteiger partial charge in [0, 0.05) is 11.8 Å². The average Bonchev–Trinajstić information content (AvgIpc) is 2.82. The Morgan fingerprint density at radius 2 is 2.16 bits per heavy atom. The van der Waals surface area contributed by atoms with Crippen molar-refractivity contribution in [3.8, 4) is 5.75 Å². The minimum atomic E-state index is -0.335. The molecule has 19 heavy (non-hydrogen) atoms. The van der Waals surface area contributed by atoms with Gasteiger partial charge in [-0.05, 0) is 30.2 Å². The molecule has 0 radical (unpaired) electrons. The van der Waals surface area contributed by atoms with E-state index in [0.717, 1.165) is 17.1 Å². The minimum Gasteiger partial charge on any atom is -0.497 e. The molecule has 1 amide bonds. The molecule has 0 aliphatic carbocycles. The fraction of sp³-hybridized carbons (Fsp3) is 0.286. The van der Waals surface area contributed by atoms with Crippen LogP contribution in [0.15, 0.2) is 30.3 Å². The molecule has 5 heteroatoms. The molecule has 1 N–H and O–H groups in total. The molecule has 0 saturated carbocycles. The number of amides is 1. The molecule has 0 aromatic heterocycles. The lowest BCUT2D eigenvalue weighted by atomic mass is 10.2. The Hall–Kier alpha value is -1.75. The van der Waals surface area contributed by atoms with Gasteiger partial charge in [0.15, 0.2) is 0 Å². The summed E-state index contributed by atoms with van der Waals surface area (Å²) in [5, 5.41) is 2.75. The van der Waals surface area contributed by atoms with Crippen LogP contribution in [0.1, 0.15) is 12.0 Å². The van der Waals surface area contributed by atoms with Crippen molar-refractivity contribution in [2.75, 3.05) is 12.9 Å². The molecule has 1 fully saturated rings. The summed E-state index contributed by atoms with van der Waals surface area (Å²) in [6, 6.07) is 7.04. The lowest BCUT2D eigenvalue weighted by Crippen LogP contribution is -2.35. The number of thioether (sulfide) groups is 1. The lowest BCUT2D eigenvalue weighted by molar-refractivity contribution is -0.120. The number of hydrogen-bond acceptors (Lipinski definition) is 4. The van der Waals surface area contributed by atoms with Gasteiger partial charge < -0.3 is 10.1 Å². The third-order valence-electron chi connectivity index (χ3n) is 2.79. The highest BCUT2D eigenvalue weighted by Crippen LogP contribution is 2.19. The van der Waals surface area contributed by atoms with Crippen LogP contribution in [0.5, 0.6) is 5.75 Å². The maximum atomic E-state index is 11.7. The number of ether oxygens (including phenoxy) is 1. The predicted octanol–water partition coefficient (Wildman–Crippen LogP) is 1.86. The molecule has 4 nitrogen and oxygen atoms in total. The molecule has 1 heterocycles. The Bertz CT molecular complexity index is 496. The van der Waals surface area contributed by atoms with E-state index in [4.69, 9.17) is 4.74 Å². The number of nitrogens with one attached hydrogen (secondary N) is 1. The van der Waals surface area contributed by atoms with E-state index in [1.165, 1.54) is 17.8 Å². The second kappa shape index (κ2) is 6.43. The largest absolute Gasteiger partial charge is 0.497 e. The Kier molecular flexibility index (Phi) is 4.63. The summed E-state index contributed by atoms with van der Waals surface area (Å²) < 4.78 is 5.05. The molecule has 0 bridgehead atoms. The number of hydrogen-bond donors (Lipinski definition) is 1. The number of rotatable bonds is 4. The first-order valence-electron chi connectivity index (χ1n) is 5.98. The first kappa shape index (κ1) is 13.7.